The summed E-state index contributed by atoms with van der Waals surface area (Å²) < 4.78 is 0.840. The van der Waals surface area contributed by atoms with Crippen LogP contribution in [0.25, 0.3) is 10.2 Å². The molecule has 2 aromatic rings. The number of H-pyrrole nitrogens is 1. The lowest BCUT2D eigenvalue weighted by molar-refractivity contribution is 0.0708. The fraction of sp³-hybridized carbons (Fsp3) is 0.500. The van der Waals surface area contributed by atoms with Gasteiger partial charge in [-0.2, -0.15) is 5.10 Å². The number of halogens is 1. The summed E-state index contributed by atoms with van der Waals surface area (Å²) in [5.74, 6) is 0.115. The second kappa shape index (κ2) is 4.06. The van der Waals surface area contributed by atoms with Crippen LogP contribution in [-0.2, 0) is 0 Å². The van der Waals surface area contributed by atoms with E-state index in [1.807, 2.05) is 18.0 Å². The van der Waals surface area contributed by atoms with Crippen molar-refractivity contribution in [1.82, 2.24) is 15.1 Å². The molecule has 0 aromatic carbocycles. The van der Waals surface area contributed by atoms with Gasteiger partial charge in [-0.3, -0.25) is 9.89 Å². The van der Waals surface area contributed by atoms with Gasteiger partial charge in [0.2, 0.25) is 0 Å². The zero-order chi connectivity index (χ0) is 12.9. The average Bonchev–Trinajstić information content (AvgIpc) is 2.95. The number of fused-ring (bicyclic) bond motifs is 1. The highest BCUT2D eigenvalue weighted by Crippen LogP contribution is 2.44. The Labute approximate surface area is 117 Å². The second-order valence-electron chi connectivity index (χ2n) is 4.81. The number of hydrogen-bond donors (Lipinski definition) is 1. The van der Waals surface area contributed by atoms with E-state index in [2.05, 4.69) is 33.1 Å². The molecule has 1 amide bonds. The minimum Gasteiger partial charge on any atom is -0.335 e. The Morgan fingerprint density at radius 1 is 1.67 bits per heavy atom. The van der Waals surface area contributed by atoms with E-state index in [0.29, 0.717) is 0 Å². The first kappa shape index (κ1) is 12.2. The fourth-order valence-corrected chi connectivity index (χ4v) is 3.83. The minimum absolute atomic E-state index is 0.113. The molecule has 4 nitrogen and oxygen atoms in total. The molecule has 0 spiro atoms. The molecule has 3 rings (SSSR count). The summed E-state index contributed by atoms with van der Waals surface area (Å²) in [5.41, 5.74) is 0.113. The van der Waals surface area contributed by atoms with Crippen molar-refractivity contribution in [2.24, 2.45) is 0 Å². The van der Waals surface area contributed by atoms with Crippen molar-refractivity contribution < 1.29 is 4.79 Å². The summed E-state index contributed by atoms with van der Waals surface area (Å²) in [6.45, 7) is 2.15. The van der Waals surface area contributed by atoms with Gasteiger partial charge in [-0.1, -0.05) is 6.92 Å². The second-order valence-corrected chi connectivity index (χ2v) is 6.63. The first-order chi connectivity index (χ1) is 8.57. The average molecular weight is 328 g/mol. The molecule has 0 atom stereocenters. The highest BCUT2D eigenvalue weighted by molar-refractivity contribution is 9.10. The number of aromatic nitrogens is 2. The molecule has 1 aliphatic carbocycles. The largest absolute Gasteiger partial charge is 0.335 e. The Balaban J connectivity index is 1.92. The summed E-state index contributed by atoms with van der Waals surface area (Å²) in [5, 5.41) is 8.00. The van der Waals surface area contributed by atoms with Crippen LogP contribution in [0.15, 0.2) is 10.7 Å². The Morgan fingerprint density at radius 2 is 2.39 bits per heavy atom. The summed E-state index contributed by atoms with van der Waals surface area (Å²) in [7, 11) is 1.91. The van der Waals surface area contributed by atoms with Crippen LogP contribution in [-0.4, -0.2) is 33.6 Å². The van der Waals surface area contributed by atoms with E-state index < -0.39 is 0 Å². The van der Waals surface area contributed by atoms with Crippen LogP contribution in [0.2, 0.25) is 0 Å². The molecule has 1 aliphatic rings. The van der Waals surface area contributed by atoms with Gasteiger partial charge in [0.25, 0.3) is 5.91 Å². The summed E-state index contributed by atoms with van der Waals surface area (Å²) in [4.78, 5) is 16.0. The topological polar surface area (TPSA) is 49.0 Å². The molecule has 0 saturated heterocycles. The van der Waals surface area contributed by atoms with E-state index in [0.717, 1.165) is 39.0 Å². The number of carbonyl (C=O) groups is 1. The van der Waals surface area contributed by atoms with Crippen molar-refractivity contribution in [2.75, 3.05) is 7.05 Å². The van der Waals surface area contributed by atoms with Gasteiger partial charge in [0.05, 0.1) is 4.88 Å². The molecule has 1 fully saturated rings. The molecule has 0 unspecified atom stereocenters. The molecular weight excluding hydrogens is 314 g/mol. The van der Waals surface area contributed by atoms with E-state index in [1.54, 1.807) is 0 Å². The van der Waals surface area contributed by atoms with Crippen molar-refractivity contribution >= 4 is 43.4 Å². The van der Waals surface area contributed by atoms with Crippen molar-refractivity contribution in [2.45, 2.75) is 31.7 Å². The van der Waals surface area contributed by atoms with Crippen LogP contribution in [0.4, 0.5) is 0 Å². The number of nitrogens with one attached hydrogen (secondary N) is 1. The smallest absolute Gasteiger partial charge is 0.264 e. The van der Waals surface area contributed by atoms with Gasteiger partial charge in [-0.25, -0.2) is 0 Å². The zero-order valence-electron chi connectivity index (χ0n) is 10.3. The van der Waals surface area contributed by atoms with E-state index in [4.69, 9.17) is 0 Å². The number of carbonyl (C=O) groups excluding carboxylic acids is 1. The number of rotatable bonds is 3. The third kappa shape index (κ3) is 1.70. The molecule has 18 heavy (non-hydrogen) atoms. The summed E-state index contributed by atoms with van der Waals surface area (Å²) in [6, 6.07) is 1.91. The van der Waals surface area contributed by atoms with E-state index in [-0.39, 0.29) is 11.4 Å². The maximum absolute atomic E-state index is 12.5. The highest BCUT2D eigenvalue weighted by Gasteiger charge is 2.47. The molecule has 6 heteroatoms. The summed E-state index contributed by atoms with van der Waals surface area (Å²) in [6.07, 6.45) is 3.28. The Kier molecular flexibility index (Phi) is 2.75. The third-order valence-corrected chi connectivity index (χ3v) is 5.54. The molecule has 96 valence electrons. The molecule has 1 N–H and O–H groups in total. The lowest BCUT2D eigenvalue weighted by Gasteiger charge is -2.26. The Bertz CT molecular complexity index is 614. The van der Waals surface area contributed by atoms with Crippen LogP contribution in [0.3, 0.4) is 0 Å². The van der Waals surface area contributed by atoms with Crippen molar-refractivity contribution in [1.29, 1.82) is 0 Å². The first-order valence-corrected chi connectivity index (χ1v) is 7.60. The number of hydrogen-bond acceptors (Lipinski definition) is 3. The first-order valence-electron chi connectivity index (χ1n) is 5.99. The van der Waals surface area contributed by atoms with Gasteiger partial charge in [-0.15, -0.1) is 11.3 Å². The van der Waals surface area contributed by atoms with E-state index in [9.17, 15) is 4.79 Å². The van der Waals surface area contributed by atoms with Crippen LogP contribution < -0.4 is 0 Å². The summed E-state index contributed by atoms with van der Waals surface area (Å²) >= 11 is 4.84. The normalized spacial score (nSPS) is 17.1. The predicted molar refractivity (Wildman–Crippen MR) is 76.0 cm³/mol. The zero-order valence-corrected chi connectivity index (χ0v) is 12.7. The molecule has 0 bridgehead atoms. The van der Waals surface area contributed by atoms with Gasteiger partial charge in [0, 0.05) is 18.0 Å². The van der Waals surface area contributed by atoms with Gasteiger partial charge in [-0.05, 0) is 41.3 Å². The van der Waals surface area contributed by atoms with Crippen LogP contribution in [0, 0.1) is 0 Å². The minimum atomic E-state index is 0.113. The van der Waals surface area contributed by atoms with Gasteiger partial charge in [0.1, 0.15) is 9.43 Å². The van der Waals surface area contributed by atoms with E-state index in [1.165, 1.54) is 11.3 Å². The van der Waals surface area contributed by atoms with Gasteiger partial charge >= 0.3 is 0 Å². The number of nitrogens with zero attached hydrogens (tertiary/aromatic N) is 2. The molecule has 2 aromatic heterocycles. The SMILES string of the molecule is CCC1(N(C)C(=O)c2cc3c(Br)[nH]nc3s2)CC1. The molecule has 1 saturated carbocycles. The lowest BCUT2D eigenvalue weighted by Crippen LogP contribution is -2.38. The Hall–Kier alpha value is -0.880. The Morgan fingerprint density at radius 3 is 2.94 bits per heavy atom. The van der Waals surface area contributed by atoms with Gasteiger partial charge in [0.15, 0.2) is 0 Å². The van der Waals surface area contributed by atoms with Crippen LogP contribution >= 0.6 is 27.3 Å². The van der Waals surface area contributed by atoms with Crippen molar-refractivity contribution in [3.8, 4) is 0 Å². The van der Waals surface area contributed by atoms with Crippen molar-refractivity contribution in [3.63, 3.8) is 0 Å². The molecular formula is C12H14BrN3OS. The maximum atomic E-state index is 12.5. The third-order valence-electron chi connectivity index (χ3n) is 3.92. The van der Waals surface area contributed by atoms with Crippen molar-refractivity contribution in [3.05, 3.63) is 15.5 Å². The number of aromatic amines is 1. The number of thiophene rings is 1. The quantitative estimate of drug-likeness (QED) is 0.939. The monoisotopic (exact) mass is 327 g/mol. The predicted octanol–water partition coefficient (Wildman–Crippen LogP) is 3.40. The molecule has 0 aliphatic heterocycles. The number of amides is 1. The standard InChI is InChI=1S/C12H14BrN3OS/c1-3-12(4-5-12)16(2)11(17)8-6-7-9(13)14-15-10(7)18-8/h6H,3-5H2,1-2H3,(H,14,15). The van der Waals surface area contributed by atoms with Crippen LogP contribution in [0.1, 0.15) is 35.9 Å². The molecule has 0 radical (unpaired) electrons. The van der Waals surface area contributed by atoms with Crippen LogP contribution in [0.5, 0.6) is 0 Å². The lowest BCUT2D eigenvalue weighted by atomic mass is 10.1. The van der Waals surface area contributed by atoms with E-state index >= 15 is 0 Å². The highest BCUT2D eigenvalue weighted by atomic mass is 79.9. The molecule has 2 heterocycles. The fourth-order valence-electron chi connectivity index (χ4n) is 2.34. The van der Waals surface area contributed by atoms with Gasteiger partial charge < -0.3 is 4.90 Å². The maximum Gasteiger partial charge on any atom is 0.264 e.